The molecule has 0 aliphatic heterocycles. The van der Waals surface area contributed by atoms with Crippen LogP contribution in [0.1, 0.15) is 56.8 Å². The van der Waals surface area contributed by atoms with Gasteiger partial charge in [-0.1, -0.05) is 24.9 Å². The van der Waals surface area contributed by atoms with Crippen LogP contribution in [0.2, 0.25) is 0 Å². The van der Waals surface area contributed by atoms with Gasteiger partial charge in [0, 0.05) is 12.0 Å². The van der Waals surface area contributed by atoms with E-state index in [0.717, 1.165) is 43.4 Å². The molecule has 16 heavy (non-hydrogen) atoms. The second-order valence-electron chi connectivity index (χ2n) is 4.76. The molecule has 1 fully saturated rings. The summed E-state index contributed by atoms with van der Waals surface area (Å²) in [6.07, 6.45) is 7.42. The standard InChI is InChI=1S/C13H19NO2/c1-3-13(12-10(2)9-14-16-12)8-6-4-5-7-11(13)15/h9H,3-8H2,1-2H3/t13-/m0/s1. The molecular weight excluding hydrogens is 202 g/mol. The minimum Gasteiger partial charge on any atom is -0.360 e. The summed E-state index contributed by atoms with van der Waals surface area (Å²) in [5.74, 6) is 1.15. The van der Waals surface area contributed by atoms with Crippen LogP contribution in [-0.2, 0) is 10.2 Å². The molecule has 1 aromatic rings. The highest BCUT2D eigenvalue weighted by Crippen LogP contribution is 2.39. The quantitative estimate of drug-likeness (QED) is 0.720. The zero-order valence-electron chi connectivity index (χ0n) is 10.1. The fourth-order valence-electron chi connectivity index (χ4n) is 2.80. The smallest absolute Gasteiger partial charge is 0.153 e. The number of carbonyl (C=O) groups is 1. The minimum atomic E-state index is -0.392. The molecule has 3 heteroatoms. The highest BCUT2D eigenvalue weighted by Gasteiger charge is 2.42. The molecule has 1 atom stereocenters. The zero-order chi connectivity index (χ0) is 11.6. The Bertz CT molecular complexity index is 383. The van der Waals surface area contributed by atoms with Gasteiger partial charge in [-0.15, -0.1) is 0 Å². The van der Waals surface area contributed by atoms with Crippen molar-refractivity contribution in [2.75, 3.05) is 0 Å². The Hall–Kier alpha value is -1.12. The fraction of sp³-hybridized carbons (Fsp3) is 0.692. The number of aromatic nitrogens is 1. The predicted molar refractivity (Wildman–Crippen MR) is 61.3 cm³/mol. The van der Waals surface area contributed by atoms with E-state index in [4.69, 9.17) is 4.52 Å². The van der Waals surface area contributed by atoms with Crippen molar-refractivity contribution in [3.05, 3.63) is 17.5 Å². The van der Waals surface area contributed by atoms with Crippen LogP contribution < -0.4 is 0 Å². The van der Waals surface area contributed by atoms with E-state index in [0.29, 0.717) is 12.2 Å². The largest absolute Gasteiger partial charge is 0.360 e. The minimum absolute atomic E-state index is 0.340. The van der Waals surface area contributed by atoms with Crippen molar-refractivity contribution in [3.8, 4) is 0 Å². The van der Waals surface area contributed by atoms with Gasteiger partial charge >= 0.3 is 0 Å². The first kappa shape index (κ1) is 11.4. The Morgan fingerprint density at radius 1 is 1.44 bits per heavy atom. The molecule has 1 heterocycles. The first-order chi connectivity index (χ1) is 7.70. The summed E-state index contributed by atoms with van der Waals surface area (Å²) in [4.78, 5) is 12.3. The molecular formula is C13H19NO2. The third-order valence-corrected chi connectivity index (χ3v) is 3.83. The van der Waals surface area contributed by atoms with Gasteiger partial charge in [0.1, 0.15) is 5.78 Å². The Morgan fingerprint density at radius 2 is 2.25 bits per heavy atom. The molecule has 1 aliphatic rings. The maximum Gasteiger partial charge on any atom is 0.153 e. The van der Waals surface area contributed by atoms with Crippen LogP contribution in [0, 0.1) is 6.92 Å². The highest BCUT2D eigenvalue weighted by atomic mass is 16.5. The molecule has 0 aromatic carbocycles. The number of ketones is 1. The molecule has 0 bridgehead atoms. The monoisotopic (exact) mass is 221 g/mol. The lowest BCUT2D eigenvalue weighted by Gasteiger charge is -2.27. The summed E-state index contributed by atoms with van der Waals surface area (Å²) in [7, 11) is 0. The Morgan fingerprint density at radius 3 is 2.88 bits per heavy atom. The molecule has 0 N–H and O–H groups in total. The average Bonchev–Trinajstić information content (AvgIpc) is 2.61. The van der Waals surface area contributed by atoms with Crippen LogP contribution >= 0.6 is 0 Å². The van der Waals surface area contributed by atoms with E-state index in [1.54, 1.807) is 6.20 Å². The summed E-state index contributed by atoms with van der Waals surface area (Å²) in [6, 6.07) is 0. The predicted octanol–water partition coefficient (Wildman–Crippen LogP) is 3.16. The molecule has 88 valence electrons. The van der Waals surface area contributed by atoms with Gasteiger partial charge in [-0.3, -0.25) is 4.79 Å². The molecule has 2 rings (SSSR count). The molecule has 0 unspecified atom stereocenters. The summed E-state index contributed by atoms with van der Waals surface area (Å²) < 4.78 is 5.35. The number of Topliss-reactive ketones (excluding diaryl/α,β-unsaturated/α-hetero) is 1. The van der Waals surface area contributed by atoms with Crippen molar-refractivity contribution in [3.63, 3.8) is 0 Å². The van der Waals surface area contributed by atoms with E-state index in [-0.39, 0.29) is 0 Å². The second-order valence-corrected chi connectivity index (χ2v) is 4.76. The number of hydrogen-bond acceptors (Lipinski definition) is 3. The maximum atomic E-state index is 12.3. The maximum absolute atomic E-state index is 12.3. The highest BCUT2D eigenvalue weighted by molar-refractivity contribution is 5.89. The fourth-order valence-corrected chi connectivity index (χ4v) is 2.80. The number of rotatable bonds is 2. The van der Waals surface area contributed by atoms with E-state index in [1.165, 1.54) is 0 Å². The van der Waals surface area contributed by atoms with Crippen molar-refractivity contribution < 1.29 is 9.32 Å². The molecule has 3 nitrogen and oxygen atoms in total. The number of hydrogen-bond donors (Lipinski definition) is 0. The first-order valence-corrected chi connectivity index (χ1v) is 6.16. The van der Waals surface area contributed by atoms with E-state index in [1.807, 2.05) is 6.92 Å². The lowest BCUT2D eigenvalue weighted by atomic mass is 9.74. The molecule has 0 saturated heterocycles. The number of nitrogens with zero attached hydrogens (tertiary/aromatic N) is 1. The normalized spacial score (nSPS) is 26.8. The molecule has 0 radical (unpaired) electrons. The zero-order valence-corrected chi connectivity index (χ0v) is 10.1. The van der Waals surface area contributed by atoms with Gasteiger partial charge in [-0.25, -0.2) is 0 Å². The summed E-state index contributed by atoms with van der Waals surface area (Å²) >= 11 is 0. The lowest BCUT2D eigenvalue weighted by Crippen LogP contribution is -2.34. The van der Waals surface area contributed by atoms with Gasteiger partial charge in [-0.2, -0.15) is 0 Å². The molecule has 1 aliphatic carbocycles. The number of aryl methyl sites for hydroxylation is 1. The van der Waals surface area contributed by atoms with E-state index < -0.39 is 5.41 Å². The van der Waals surface area contributed by atoms with Gasteiger partial charge < -0.3 is 4.52 Å². The van der Waals surface area contributed by atoms with Crippen molar-refractivity contribution >= 4 is 5.78 Å². The third kappa shape index (κ3) is 1.68. The summed E-state index contributed by atoms with van der Waals surface area (Å²) in [6.45, 7) is 4.05. The SMILES string of the molecule is CC[C@]1(c2oncc2C)CCCCCC1=O. The van der Waals surface area contributed by atoms with Crippen molar-refractivity contribution in [2.45, 2.75) is 57.8 Å². The topological polar surface area (TPSA) is 43.1 Å². The Balaban J connectivity index is 2.44. The van der Waals surface area contributed by atoms with E-state index in [9.17, 15) is 4.79 Å². The third-order valence-electron chi connectivity index (χ3n) is 3.83. The van der Waals surface area contributed by atoms with Crippen LogP contribution in [0.4, 0.5) is 0 Å². The van der Waals surface area contributed by atoms with Crippen molar-refractivity contribution in [2.24, 2.45) is 0 Å². The lowest BCUT2D eigenvalue weighted by molar-refractivity contribution is -0.125. The van der Waals surface area contributed by atoms with Gasteiger partial charge in [0.15, 0.2) is 5.76 Å². The summed E-state index contributed by atoms with van der Waals surface area (Å²) in [5, 5.41) is 3.83. The second kappa shape index (κ2) is 4.40. The van der Waals surface area contributed by atoms with Crippen LogP contribution in [0.25, 0.3) is 0 Å². The van der Waals surface area contributed by atoms with Crippen molar-refractivity contribution in [1.82, 2.24) is 5.16 Å². The molecule has 0 amide bonds. The summed E-state index contributed by atoms with van der Waals surface area (Å²) in [5.41, 5.74) is 0.619. The van der Waals surface area contributed by atoms with Crippen molar-refractivity contribution in [1.29, 1.82) is 0 Å². The Labute approximate surface area is 96.2 Å². The van der Waals surface area contributed by atoms with Gasteiger partial charge in [0.2, 0.25) is 0 Å². The number of carbonyl (C=O) groups excluding carboxylic acids is 1. The molecule has 0 spiro atoms. The molecule has 1 saturated carbocycles. The average molecular weight is 221 g/mol. The van der Waals surface area contributed by atoms with Crippen LogP contribution in [0.15, 0.2) is 10.7 Å². The van der Waals surface area contributed by atoms with Gasteiger partial charge in [-0.05, 0) is 26.2 Å². The Kier molecular flexibility index (Phi) is 3.13. The van der Waals surface area contributed by atoms with Crippen LogP contribution in [0.3, 0.4) is 0 Å². The van der Waals surface area contributed by atoms with Crippen LogP contribution in [-0.4, -0.2) is 10.9 Å². The van der Waals surface area contributed by atoms with Gasteiger partial charge in [0.25, 0.3) is 0 Å². The van der Waals surface area contributed by atoms with E-state index in [2.05, 4.69) is 12.1 Å². The molecule has 1 aromatic heterocycles. The first-order valence-electron chi connectivity index (χ1n) is 6.16. The van der Waals surface area contributed by atoms with Crippen LogP contribution in [0.5, 0.6) is 0 Å². The van der Waals surface area contributed by atoms with E-state index >= 15 is 0 Å². The van der Waals surface area contributed by atoms with Gasteiger partial charge in [0.05, 0.1) is 11.6 Å².